The smallest absolute Gasteiger partial charge is 0.148 e. The van der Waals surface area contributed by atoms with Gasteiger partial charge in [0.1, 0.15) is 8.24 Å². The molecule has 0 unspecified atom stereocenters. The summed E-state index contributed by atoms with van der Waals surface area (Å²) in [5, 5.41) is 1.59. The topological polar surface area (TPSA) is 15.3 Å². The van der Waals surface area contributed by atoms with Gasteiger partial charge in [-0.05, 0) is 26.3 Å². The van der Waals surface area contributed by atoms with Crippen molar-refractivity contribution in [3.05, 3.63) is 52.9 Å². The molecule has 2 nitrogen and oxygen atoms in total. The fraction of sp³-hybridized carbons (Fsp3) is 0.474. The van der Waals surface area contributed by atoms with E-state index in [0.29, 0.717) is 0 Å². The van der Waals surface area contributed by atoms with Crippen molar-refractivity contribution in [1.29, 1.82) is 0 Å². The molecule has 0 aromatic heterocycles. The average molecular weight is 315 g/mol. The maximum absolute atomic E-state index is 3.89. The summed E-state index contributed by atoms with van der Waals surface area (Å²) < 4.78 is 0. The van der Waals surface area contributed by atoms with Crippen LogP contribution < -0.4 is 4.98 Å². The Morgan fingerprint density at radius 3 is 2.14 bits per heavy atom. The summed E-state index contributed by atoms with van der Waals surface area (Å²) in [6.07, 6.45) is 3.51. The molecule has 0 saturated heterocycles. The lowest BCUT2D eigenvalue weighted by Gasteiger charge is -2.34. The van der Waals surface area contributed by atoms with Crippen molar-refractivity contribution >= 4 is 13.8 Å². The molecule has 3 heteroatoms. The Bertz CT molecular complexity index is 590. The Balaban J connectivity index is 2.36. The minimum atomic E-state index is -1.63. The van der Waals surface area contributed by atoms with E-state index >= 15 is 0 Å². The normalized spacial score (nSPS) is 16.0. The maximum Gasteiger partial charge on any atom is 0.148 e. The van der Waals surface area contributed by atoms with Crippen LogP contribution in [0.15, 0.2) is 47.3 Å². The minimum Gasteiger partial charge on any atom is -0.380 e. The lowest BCUT2D eigenvalue weighted by molar-refractivity contribution is 0.501. The largest absolute Gasteiger partial charge is 0.380 e. The Labute approximate surface area is 137 Å². The average Bonchev–Trinajstić information content (AvgIpc) is 2.83. The molecule has 1 N–H and O–H groups in total. The molecular formula is C19H30N2Si. The van der Waals surface area contributed by atoms with Crippen molar-refractivity contribution in [2.45, 2.75) is 45.8 Å². The number of nitrogens with zero attached hydrogens (tertiary/aromatic N) is 1. The summed E-state index contributed by atoms with van der Waals surface area (Å²) in [7, 11) is 2.68. The first-order valence-electron chi connectivity index (χ1n) is 8.06. The van der Waals surface area contributed by atoms with Crippen LogP contribution in [0.25, 0.3) is 5.57 Å². The van der Waals surface area contributed by atoms with Crippen molar-refractivity contribution in [3.8, 4) is 0 Å². The van der Waals surface area contributed by atoms with Gasteiger partial charge in [0.2, 0.25) is 0 Å². The molecule has 0 aliphatic heterocycles. The van der Waals surface area contributed by atoms with Crippen LogP contribution in [0, 0.1) is 0 Å². The molecule has 0 amide bonds. The highest BCUT2D eigenvalue weighted by molar-refractivity contribution is 6.82. The van der Waals surface area contributed by atoms with Gasteiger partial charge in [-0.2, -0.15) is 0 Å². The Morgan fingerprint density at radius 1 is 1.05 bits per heavy atom. The Morgan fingerprint density at radius 2 is 1.64 bits per heavy atom. The van der Waals surface area contributed by atoms with Crippen molar-refractivity contribution < 1.29 is 0 Å². The third-order valence-electron chi connectivity index (χ3n) is 4.10. The molecule has 0 heterocycles. The fourth-order valence-electron chi connectivity index (χ4n) is 3.27. The van der Waals surface area contributed by atoms with Gasteiger partial charge in [0.15, 0.2) is 0 Å². The molecule has 0 radical (unpaired) electrons. The van der Waals surface area contributed by atoms with E-state index in [-0.39, 0.29) is 5.54 Å². The van der Waals surface area contributed by atoms with Crippen LogP contribution in [0.4, 0.5) is 0 Å². The van der Waals surface area contributed by atoms with Crippen LogP contribution in [0.2, 0.25) is 13.1 Å². The van der Waals surface area contributed by atoms with Gasteiger partial charge in [0, 0.05) is 37.3 Å². The Kier molecular flexibility index (Phi) is 4.69. The van der Waals surface area contributed by atoms with E-state index < -0.39 is 8.24 Å². The number of benzene rings is 1. The number of rotatable bonds is 4. The molecule has 120 valence electrons. The van der Waals surface area contributed by atoms with Crippen molar-refractivity contribution in [2.75, 3.05) is 14.1 Å². The lowest BCUT2D eigenvalue weighted by Crippen LogP contribution is -2.55. The number of hydrogen-bond donors (Lipinski definition) is 1. The minimum absolute atomic E-state index is 0.157. The monoisotopic (exact) mass is 314 g/mol. The van der Waals surface area contributed by atoms with Gasteiger partial charge in [-0.1, -0.05) is 54.7 Å². The maximum atomic E-state index is 3.89. The zero-order chi connectivity index (χ0) is 16.5. The fourth-order valence-corrected chi connectivity index (χ4v) is 6.42. The van der Waals surface area contributed by atoms with E-state index in [1.54, 1.807) is 5.20 Å². The molecule has 0 bridgehead atoms. The van der Waals surface area contributed by atoms with E-state index in [2.05, 4.69) is 94.3 Å². The summed E-state index contributed by atoms with van der Waals surface area (Å²) in [5.74, 6) is 0. The standard InChI is InChI=1S/C19H30N2Si/c1-19(2,3)20-22(6,7)16-13-17(18(14-16)21(4)5)15-11-9-8-10-12-15/h8-13,20H,14H2,1-7H3. The molecule has 0 atom stereocenters. The predicted molar refractivity (Wildman–Crippen MR) is 100 cm³/mol. The molecule has 2 rings (SSSR count). The molecule has 1 aromatic carbocycles. The highest BCUT2D eigenvalue weighted by Gasteiger charge is 2.34. The number of hydrogen-bond acceptors (Lipinski definition) is 2. The highest BCUT2D eigenvalue weighted by atomic mass is 28.3. The van der Waals surface area contributed by atoms with Crippen LogP contribution in [0.5, 0.6) is 0 Å². The highest BCUT2D eigenvalue weighted by Crippen LogP contribution is 2.37. The van der Waals surface area contributed by atoms with Crippen molar-refractivity contribution in [2.24, 2.45) is 0 Å². The van der Waals surface area contributed by atoms with Crippen LogP contribution >= 0.6 is 0 Å². The van der Waals surface area contributed by atoms with Gasteiger partial charge in [-0.3, -0.25) is 0 Å². The van der Waals surface area contributed by atoms with Crippen LogP contribution in [0.3, 0.4) is 0 Å². The van der Waals surface area contributed by atoms with Gasteiger partial charge in [0.25, 0.3) is 0 Å². The molecule has 1 aliphatic rings. The molecule has 0 fully saturated rings. The van der Waals surface area contributed by atoms with Crippen LogP contribution in [-0.4, -0.2) is 32.8 Å². The summed E-state index contributed by atoms with van der Waals surface area (Å²) >= 11 is 0. The quantitative estimate of drug-likeness (QED) is 0.828. The van der Waals surface area contributed by atoms with Crippen LogP contribution in [-0.2, 0) is 0 Å². The first-order valence-corrected chi connectivity index (χ1v) is 11.1. The molecular weight excluding hydrogens is 284 g/mol. The molecule has 0 saturated carbocycles. The van der Waals surface area contributed by atoms with E-state index in [1.165, 1.54) is 16.8 Å². The molecule has 22 heavy (non-hydrogen) atoms. The first kappa shape index (κ1) is 17.0. The third-order valence-corrected chi connectivity index (χ3v) is 7.40. The van der Waals surface area contributed by atoms with E-state index in [4.69, 9.17) is 0 Å². The first-order chi connectivity index (χ1) is 10.1. The second-order valence-corrected chi connectivity index (χ2v) is 12.1. The van der Waals surface area contributed by atoms with Gasteiger partial charge in [0.05, 0.1) is 0 Å². The summed E-state index contributed by atoms with van der Waals surface area (Å²) in [5.41, 5.74) is 4.29. The Hall–Kier alpha value is -1.32. The lowest BCUT2D eigenvalue weighted by atomic mass is 10.1. The zero-order valence-electron chi connectivity index (χ0n) is 15.1. The second kappa shape index (κ2) is 6.05. The van der Waals surface area contributed by atoms with Crippen molar-refractivity contribution in [1.82, 2.24) is 9.88 Å². The van der Waals surface area contributed by atoms with Gasteiger partial charge in [-0.15, -0.1) is 0 Å². The SMILES string of the molecule is CN(C)C1=C(c2ccccc2)C=C([Si](C)(C)NC(C)(C)C)C1. The van der Waals surface area contributed by atoms with Gasteiger partial charge in [-0.25, -0.2) is 0 Å². The van der Waals surface area contributed by atoms with Crippen LogP contribution in [0.1, 0.15) is 32.8 Å². The summed E-state index contributed by atoms with van der Waals surface area (Å²) in [4.78, 5) is 6.17. The molecule has 1 aromatic rings. The zero-order valence-corrected chi connectivity index (χ0v) is 16.1. The predicted octanol–water partition coefficient (Wildman–Crippen LogP) is 4.42. The number of nitrogens with one attached hydrogen (secondary N) is 1. The van der Waals surface area contributed by atoms with Gasteiger partial charge >= 0.3 is 0 Å². The number of allylic oxidation sites excluding steroid dienone is 3. The third kappa shape index (κ3) is 3.90. The molecule has 1 aliphatic carbocycles. The summed E-state index contributed by atoms with van der Waals surface area (Å²) in [6, 6.07) is 10.8. The van der Waals surface area contributed by atoms with E-state index in [1.807, 2.05) is 0 Å². The molecule has 0 spiro atoms. The van der Waals surface area contributed by atoms with E-state index in [0.717, 1.165) is 6.42 Å². The second-order valence-electron chi connectivity index (χ2n) is 7.97. The summed E-state index contributed by atoms with van der Waals surface area (Å²) in [6.45, 7) is 11.6. The van der Waals surface area contributed by atoms with Gasteiger partial charge < -0.3 is 9.88 Å². The van der Waals surface area contributed by atoms with E-state index in [9.17, 15) is 0 Å². The van der Waals surface area contributed by atoms with Crippen molar-refractivity contribution in [3.63, 3.8) is 0 Å².